The van der Waals surface area contributed by atoms with Crippen LogP contribution in [0.3, 0.4) is 0 Å². The molecule has 1 atom stereocenters. The van der Waals surface area contributed by atoms with Gasteiger partial charge in [0, 0.05) is 12.6 Å². The molecule has 1 saturated carbocycles. The van der Waals surface area contributed by atoms with Crippen molar-refractivity contribution >= 4 is 17.7 Å². The average molecular weight is 455 g/mol. The lowest BCUT2D eigenvalue weighted by atomic mass is 9.95. The first-order valence-electron chi connectivity index (χ1n) is 11.0. The number of hydrogen-bond acceptors (Lipinski definition) is 7. The molecule has 1 amide bonds. The zero-order valence-corrected chi connectivity index (χ0v) is 18.8. The van der Waals surface area contributed by atoms with E-state index in [1.807, 2.05) is 37.3 Å². The standard InChI is InChI=1S/C23H26N4O4S/c1-15(22(28)24-13-16-9-10-18-20(12-16)31-14-30-18)32-23-26-25-21(19-8-5-11-29-19)27(23)17-6-3-2-4-7-17/h5,8-12,15,17H,2-4,6-7,13-14H2,1H3,(H,24,28)/t15-/m0/s1. The highest BCUT2D eigenvalue weighted by Gasteiger charge is 2.27. The molecule has 8 nitrogen and oxygen atoms in total. The van der Waals surface area contributed by atoms with Crippen molar-refractivity contribution in [2.75, 3.05) is 6.79 Å². The Morgan fingerprint density at radius 2 is 2.03 bits per heavy atom. The number of fused-ring (bicyclic) bond motifs is 1. The second-order valence-electron chi connectivity index (χ2n) is 8.11. The number of ether oxygens (including phenoxy) is 2. The number of thioether (sulfide) groups is 1. The van der Waals surface area contributed by atoms with Crippen molar-refractivity contribution in [2.45, 2.75) is 62.0 Å². The van der Waals surface area contributed by atoms with Crippen LogP contribution in [0, 0.1) is 0 Å². The first-order valence-corrected chi connectivity index (χ1v) is 11.9. The summed E-state index contributed by atoms with van der Waals surface area (Å²) in [6.07, 6.45) is 7.46. The minimum Gasteiger partial charge on any atom is -0.461 e. The molecule has 0 bridgehead atoms. The van der Waals surface area contributed by atoms with Gasteiger partial charge in [-0.15, -0.1) is 10.2 Å². The van der Waals surface area contributed by atoms with E-state index in [1.54, 1.807) is 6.26 Å². The van der Waals surface area contributed by atoms with Gasteiger partial charge in [0.1, 0.15) is 0 Å². The molecule has 0 unspecified atom stereocenters. The fourth-order valence-corrected chi connectivity index (χ4v) is 5.14. The van der Waals surface area contributed by atoms with Gasteiger partial charge in [-0.05, 0) is 49.6 Å². The van der Waals surface area contributed by atoms with Gasteiger partial charge in [0.2, 0.25) is 18.5 Å². The third-order valence-corrected chi connectivity index (χ3v) is 6.96. The second-order valence-corrected chi connectivity index (χ2v) is 9.42. The molecule has 0 saturated heterocycles. The van der Waals surface area contributed by atoms with Crippen LogP contribution < -0.4 is 14.8 Å². The number of hydrogen-bond donors (Lipinski definition) is 1. The summed E-state index contributed by atoms with van der Waals surface area (Å²) in [6.45, 7) is 2.56. The zero-order valence-electron chi connectivity index (χ0n) is 18.0. The van der Waals surface area contributed by atoms with Crippen molar-refractivity contribution < 1.29 is 18.7 Å². The number of nitrogens with zero attached hydrogens (tertiary/aromatic N) is 3. The predicted octanol–water partition coefficient (Wildman–Crippen LogP) is 4.57. The van der Waals surface area contributed by atoms with E-state index in [-0.39, 0.29) is 18.0 Å². The highest BCUT2D eigenvalue weighted by atomic mass is 32.2. The SMILES string of the molecule is C[C@H](Sc1nnc(-c2ccco2)n1C1CCCCC1)C(=O)NCc1ccc2c(c1)OCO2. The van der Waals surface area contributed by atoms with E-state index < -0.39 is 0 Å². The molecule has 5 rings (SSSR count). The van der Waals surface area contributed by atoms with Gasteiger partial charge in [0.15, 0.2) is 22.4 Å². The summed E-state index contributed by atoms with van der Waals surface area (Å²) in [4.78, 5) is 12.8. The largest absolute Gasteiger partial charge is 0.461 e. The Hall–Kier alpha value is -2.94. The molecule has 2 aromatic heterocycles. The summed E-state index contributed by atoms with van der Waals surface area (Å²) in [7, 11) is 0. The van der Waals surface area contributed by atoms with Crippen molar-refractivity contribution in [3.05, 3.63) is 42.2 Å². The Bertz CT molecular complexity index is 1080. The first kappa shape index (κ1) is 20.9. The highest BCUT2D eigenvalue weighted by Crippen LogP contribution is 2.37. The molecule has 1 aliphatic heterocycles. The monoisotopic (exact) mass is 454 g/mol. The molecule has 1 N–H and O–H groups in total. The van der Waals surface area contributed by atoms with Crippen LogP contribution in [0.5, 0.6) is 11.5 Å². The molecule has 0 radical (unpaired) electrons. The predicted molar refractivity (Wildman–Crippen MR) is 120 cm³/mol. The Morgan fingerprint density at radius 1 is 1.19 bits per heavy atom. The van der Waals surface area contributed by atoms with E-state index in [0.717, 1.165) is 35.1 Å². The van der Waals surface area contributed by atoms with Crippen LogP contribution in [0.25, 0.3) is 11.6 Å². The van der Waals surface area contributed by atoms with E-state index in [4.69, 9.17) is 13.9 Å². The number of rotatable bonds is 7. The molecule has 3 aromatic rings. The fraction of sp³-hybridized carbons (Fsp3) is 0.435. The smallest absolute Gasteiger partial charge is 0.233 e. The molecule has 3 heterocycles. The Labute approximate surface area is 190 Å². The van der Waals surface area contributed by atoms with Crippen LogP contribution >= 0.6 is 11.8 Å². The lowest BCUT2D eigenvalue weighted by Gasteiger charge is -2.25. The number of amides is 1. The van der Waals surface area contributed by atoms with Crippen LogP contribution in [0.1, 0.15) is 50.6 Å². The first-order chi connectivity index (χ1) is 15.7. The van der Waals surface area contributed by atoms with E-state index >= 15 is 0 Å². The third-order valence-electron chi connectivity index (χ3n) is 5.90. The highest BCUT2D eigenvalue weighted by molar-refractivity contribution is 8.00. The van der Waals surface area contributed by atoms with Crippen molar-refractivity contribution in [3.63, 3.8) is 0 Å². The quantitative estimate of drug-likeness (QED) is 0.523. The van der Waals surface area contributed by atoms with Crippen LogP contribution in [0.4, 0.5) is 0 Å². The minimum absolute atomic E-state index is 0.0505. The molecule has 1 fully saturated rings. The summed E-state index contributed by atoms with van der Waals surface area (Å²) in [6, 6.07) is 9.78. The number of benzene rings is 1. The van der Waals surface area contributed by atoms with Gasteiger partial charge in [-0.3, -0.25) is 9.36 Å². The molecular formula is C23H26N4O4S. The van der Waals surface area contributed by atoms with Gasteiger partial charge in [-0.1, -0.05) is 37.1 Å². The number of aromatic nitrogens is 3. The number of carbonyl (C=O) groups is 1. The van der Waals surface area contributed by atoms with E-state index in [1.165, 1.54) is 31.0 Å². The van der Waals surface area contributed by atoms with Gasteiger partial charge >= 0.3 is 0 Å². The Kier molecular flexibility index (Phi) is 6.07. The Morgan fingerprint density at radius 3 is 2.84 bits per heavy atom. The van der Waals surface area contributed by atoms with E-state index in [2.05, 4.69) is 20.1 Å². The molecule has 168 valence electrons. The topological polar surface area (TPSA) is 91.4 Å². The van der Waals surface area contributed by atoms with Crippen LogP contribution in [0.2, 0.25) is 0 Å². The zero-order chi connectivity index (χ0) is 21.9. The van der Waals surface area contributed by atoms with Crippen LogP contribution in [-0.4, -0.2) is 32.7 Å². The summed E-state index contributed by atoms with van der Waals surface area (Å²) in [5.74, 6) is 2.83. The summed E-state index contributed by atoms with van der Waals surface area (Å²) < 4.78 is 18.5. The number of nitrogens with one attached hydrogen (secondary N) is 1. The average Bonchev–Trinajstić information content (AvgIpc) is 3.58. The molecule has 9 heteroatoms. The fourth-order valence-electron chi connectivity index (χ4n) is 4.20. The van der Waals surface area contributed by atoms with E-state index in [9.17, 15) is 4.79 Å². The molecular weight excluding hydrogens is 428 g/mol. The lowest BCUT2D eigenvalue weighted by molar-refractivity contribution is -0.120. The van der Waals surface area contributed by atoms with Gasteiger partial charge in [-0.2, -0.15) is 0 Å². The normalized spacial score (nSPS) is 16.8. The molecule has 1 aliphatic carbocycles. The van der Waals surface area contributed by atoms with Crippen molar-refractivity contribution in [2.24, 2.45) is 0 Å². The van der Waals surface area contributed by atoms with Gasteiger partial charge in [-0.25, -0.2) is 0 Å². The van der Waals surface area contributed by atoms with Crippen molar-refractivity contribution in [1.29, 1.82) is 0 Å². The third kappa shape index (κ3) is 4.34. The summed E-state index contributed by atoms with van der Waals surface area (Å²) in [5, 5.41) is 12.3. The second kappa shape index (κ2) is 9.28. The molecule has 0 spiro atoms. The van der Waals surface area contributed by atoms with Gasteiger partial charge in [0.25, 0.3) is 0 Å². The molecule has 2 aliphatic rings. The Balaban J connectivity index is 1.28. The van der Waals surface area contributed by atoms with Crippen LogP contribution in [0.15, 0.2) is 46.2 Å². The van der Waals surface area contributed by atoms with Crippen molar-refractivity contribution in [1.82, 2.24) is 20.1 Å². The minimum atomic E-state index is -0.319. The maximum Gasteiger partial charge on any atom is 0.233 e. The van der Waals surface area contributed by atoms with E-state index in [0.29, 0.717) is 24.1 Å². The van der Waals surface area contributed by atoms with Gasteiger partial charge in [0.05, 0.1) is 11.5 Å². The summed E-state index contributed by atoms with van der Waals surface area (Å²) >= 11 is 1.44. The van der Waals surface area contributed by atoms with Crippen LogP contribution in [-0.2, 0) is 11.3 Å². The molecule has 1 aromatic carbocycles. The van der Waals surface area contributed by atoms with Crippen molar-refractivity contribution in [3.8, 4) is 23.1 Å². The summed E-state index contributed by atoms with van der Waals surface area (Å²) in [5.41, 5.74) is 0.963. The number of furan rings is 1. The maximum atomic E-state index is 12.8. The lowest BCUT2D eigenvalue weighted by Crippen LogP contribution is -2.30. The molecule has 32 heavy (non-hydrogen) atoms. The number of carbonyl (C=O) groups excluding carboxylic acids is 1. The van der Waals surface area contributed by atoms with Gasteiger partial charge < -0.3 is 19.2 Å². The maximum absolute atomic E-state index is 12.8.